The molecule has 0 atom stereocenters. The van der Waals surface area contributed by atoms with Crippen molar-refractivity contribution in [1.29, 1.82) is 0 Å². The van der Waals surface area contributed by atoms with Gasteiger partial charge in [0.05, 0.1) is 12.8 Å². The number of benzene rings is 1. The maximum Gasteiger partial charge on any atom is 0.259 e. The molecule has 136 valence electrons. The molecule has 1 aromatic carbocycles. The number of carbonyl (C=O) groups excluding carboxylic acids is 2. The summed E-state index contributed by atoms with van der Waals surface area (Å²) in [5.41, 5.74) is 4.86. The Morgan fingerprint density at radius 2 is 1.73 bits per heavy atom. The molecule has 2 rings (SSSR count). The molecule has 0 aliphatic carbocycles. The second-order valence-corrected chi connectivity index (χ2v) is 5.48. The minimum Gasteiger partial charge on any atom is -0.372 e. The Morgan fingerprint density at radius 1 is 1.08 bits per heavy atom. The lowest BCUT2D eigenvalue weighted by atomic mass is 10.2. The Labute approximate surface area is 153 Å². The van der Waals surface area contributed by atoms with Crippen LogP contribution in [-0.2, 0) is 4.79 Å². The maximum absolute atomic E-state index is 11.8. The van der Waals surface area contributed by atoms with Crippen LogP contribution in [0, 0.1) is 0 Å². The van der Waals surface area contributed by atoms with Gasteiger partial charge >= 0.3 is 0 Å². The number of pyridine rings is 1. The first-order valence-corrected chi connectivity index (χ1v) is 8.49. The lowest BCUT2D eigenvalue weighted by molar-refractivity contribution is -0.120. The summed E-state index contributed by atoms with van der Waals surface area (Å²) in [6.07, 6.45) is 4.60. The molecule has 2 N–H and O–H groups in total. The quantitative estimate of drug-likeness (QED) is 0.560. The van der Waals surface area contributed by atoms with E-state index in [0.29, 0.717) is 5.56 Å². The monoisotopic (exact) mass is 353 g/mol. The smallest absolute Gasteiger partial charge is 0.259 e. The van der Waals surface area contributed by atoms with Gasteiger partial charge in [-0.3, -0.25) is 14.6 Å². The molecular weight excluding hydrogens is 330 g/mol. The van der Waals surface area contributed by atoms with Crippen molar-refractivity contribution in [3.8, 4) is 0 Å². The molecule has 2 amide bonds. The average molecular weight is 353 g/mol. The zero-order valence-electron chi connectivity index (χ0n) is 15.0. The van der Waals surface area contributed by atoms with Crippen molar-refractivity contribution >= 4 is 23.7 Å². The van der Waals surface area contributed by atoms with Crippen molar-refractivity contribution in [3.63, 3.8) is 0 Å². The minimum absolute atomic E-state index is 0.153. The molecule has 0 saturated carbocycles. The van der Waals surface area contributed by atoms with Crippen molar-refractivity contribution in [1.82, 2.24) is 15.7 Å². The molecule has 1 heterocycles. The Morgan fingerprint density at radius 3 is 2.35 bits per heavy atom. The molecule has 2 aromatic rings. The van der Waals surface area contributed by atoms with Crippen molar-refractivity contribution in [2.75, 3.05) is 24.5 Å². The van der Waals surface area contributed by atoms with Gasteiger partial charge in [0.1, 0.15) is 0 Å². The van der Waals surface area contributed by atoms with Gasteiger partial charge in [-0.25, -0.2) is 5.43 Å². The van der Waals surface area contributed by atoms with Gasteiger partial charge in [-0.2, -0.15) is 5.10 Å². The van der Waals surface area contributed by atoms with E-state index >= 15 is 0 Å². The molecule has 0 saturated heterocycles. The zero-order valence-corrected chi connectivity index (χ0v) is 15.0. The van der Waals surface area contributed by atoms with Crippen molar-refractivity contribution < 1.29 is 9.59 Å². The van der Waals surface area contributed by atoms with Gasteiger partial charge < -0.3 is 10.2 Å². The number of hydrogen-bond donors (Lipinski definition) is 2. The molecule has 1 aromatic heterocycles. The van der Waals surface area contributed by atoms with Crippen molar-refractivity contribution in [2.24, 2.45) is 5.10 Å². The van der Waals surface area contributed by atoms with Crippen molar-refractivity contribution in [3.05, 3.63) is 59.9 Å². The third-order valence-electron chi connectivity index (χ3n) is 3.78. The first-order valence-electron chi connectivity index (χ1n) is 8.49. The highest BCUT2D eigenvalue weighted by Gasteiger charge is 2.06. The first-order chi connectivity index (χ1) is 12.6. The fourth-order valence-electron chi connectivity index (χ4n) is 2.34. The number of rotatable bonds is 8. The second kappa shape index (κ2) is 9.93. The summed E-state index contributed by atoms with van der Waals surface area (Å²) < 4.78 is 0. The van der Waals surface area contributed by atoms with Crippen LogP contribution < -0.4 is 15.6 Å². The van der Waals surface area contributed by atoms with Crippen LogP contribution in [-0.4, -0.2) is 42.6 Å². The number of carbonyl (C=O) groups is 2. The van der Waals surface area contributed by atoms with E-state index in [4.69, 9.17) is 0 Å². The number of nitrogens with one attached hydrogen (secondary N) is 2. The highest BCUT2D eigenvalue weighted by Crippen LogP contribution is 2.13. The molecule has 0 spiro atoms. The number of anilines is 1. The highest BCUT2D eigenvalue weighted by molar-refractivity contribution is 5.96. The van der Waals surface area contributed by atoms with Gasteiger partial charge in [0.15, 0.2) is 0 Å². The number of hydrazone groups is 1. The normalized spacial score (nSPS) is 10.5. The molecule has 7 nitrogen and oxygen atoms in total. The van der Waals surface area contributed by atoms with Crippen LogP contribution in [0.15, 0.2) is 53.9 Å². The lowest BCUT2D eigenvalue weighted by Gasteiger charge is -2.20. The SMILES string of the molecule is CCN(CC)c1ccc(/C=N\NC(=O)CNC(=O)c2ccncc2)cc1. The first kappa shape index (κ1) is 19.1. The molecule has 7 heteroatoms. The highest BCUT2D eigenvalue weighted by atomic mass is 16.2. The molecule has 0 fully saturated rings. The number of hydrogen-bond acceptors (Lipinski definition) is 5. The Hall–Kier alpha value is -3.22. The summed E-state index contributed by atoms with van der Waals surface area (Å²) >= 11 is 0. The van der Waals surface area contributed by atoms with E-state index in [0.717, 1.165) is 24.3 Å². The lowest BCUT2D eigenvalue weighted by Crippen LogP contribution is -2.34. The van der Waals surface area contributed by atoms with Gasteiger partial charge in [0, 0.05) is 36.7 Å². The average Bonchev–Trinajstić information content (AvgIpc) is 2.69. The maximum atomic E-state index is 11.8. The Bertz CT molecular complexity index is 740. The summed E-state index contributed by atoms with van der Waals surface area (Å²) in [6, 6.07) is 11.1. The number of amides is 2. The fraction of sp³-hybridized carbons (Fsp3) is 0.263. The third-order valence-corrected chi connectivity index (χ3v) is 3.78. The predicted octanol–water partition coefficient (Wildman–Crippen LogP) is 1.81. The van der Waals surface area contributed by atoms with E-state index in [1.165, 1.54) is 12.4 Å². The van der Waals surface area contributed by atoms with E-state index < -0.39 is 5.91 Å². The van der Waals surface area contributed by atoms with Gasteiger partial charge in [-0.05, 0) is 43.7 Å². The van der Waals surface area contributed by atoms with Crippen LogP contribution in [0.2, 0.25) is 0 Å². The standard InChI is InChI=1S/C19H23N5O2/c1-3-24(4-2)17-7-5-15(6-8-17)13-22-23-18(25)14-21-19(26)16-9-11-20-12-10-16/h5-13H,3-4,14H2,1-2H3,(H,21,26)(H,23,25)/b22-13-. The molecule has 0 aliphatic heterocycles. The number of nitrogens with zero attached hydrogens (tertiary/aromatic N) is 3. The molecule has 26 heavy (non-hydrogen) atoms. The predicted molar refractivity (Wildman–Crippen MR) is 102 cm³/mol. The molecule has 0 bridgehead atoms. The van der Waals surface area contributed by atoms with Gasteiger partial charge in [0.2, 0.25) is 0 Å². The van der Waals surface area contributed by atoms with E-state index in [1.807, 2.05) is 24.3 Å². The van der Waals surface area contributed by atoms with E-state index in [9.17, 15) is 9.59 Å². The van der Waals surface area contributed by atoms with Crippen LogP contribution in [0.25, 0.3) is 0 Å². The van der Waals surface area contributed by atoms with Crippen LogP contribution >= 0.6 is 0 Å². The van der Waals surface area contributed by atoms with Crippen LogP contribution in [0.1, 0.15) is 29.8 Å². The summed E-state index contributed by atoms with van der Waals surface area (Å²) in [7, 11) is 0. The summed E-state index contributed by atoms with van der Waals surface area (Å²) in [5, 5.41) is 6.43. The van der Waals surface area contributed by atoms with E-state index in [1.54, 1.807) is 18.3 Å². The third kappa shape index (κ3) is 5.70. The van der Waals surface area contributed by atoms with E-state index in [-0.39, 0.29) is 12.5 Å². The summed E-state index contributed by atoms with van der Waals surface area (Å²) in [4.78, 5) is 29.6. The van der Waals surface area contributed by atoms with Crippen LogP contribution in [0.5, 0.6) is 0 Å². The van der Waals surface area contributed by atoms with Gasteiger partial charge in [-0.15, -0.1) is 0 Å². The Balaban J connectivity index is 1.79. The summed E-state index contributed by atoms with van der Waals surface area (Å²) in [5.74, 6) is -0.734. The number of aromatic nitrogens is 1. The minimum atomic E-state index is -0.400. The summed E-state index contributed by atoms with van der Waals surface area (Å²) in [6.45, 7) is 5.97. The van der Waals surface area contributed by atoms with Gasteiger partial charge in [-0.1, -0.05) is 12.1 Å². The second-order valence-electron chi connectivity index (χ2n) is 5.48. The zero-order chi connectivity index (χ0) is 18.8. The van der Waals surface area contributed by atoms with Crippen LogP contribution in [0.4, 0.5) is 5.69 Å². The molecule has 0 aliphatic rings. The Kier molecular flexibility index (Phi) is 7.30. The molecular formula is C19H23N5O2. The van der Waals surface area contributed by atoms with E-state index in [2.05, 4.69) is 39.6 Å². The largest absolute Gasteiger partial charge is 0.372 e. The van der Waals surface area contributed by atoms with Gasteiger partial charge in [0.25, 0.3) is 11.8 Å². The molecule has 0 unspecified atom stereocenters. The topological polar surface area (TPSA) is 86.7 Å². The van der Waals surface area contributed by atoms with Crippen LogP contribution in [0.3, 0.4) is 0 Å². The molecule has 0 radical (unpaired) electrons. The van der Waals surface area contributed by atoms with Crippen molar-refractivity contribution in [2.45, 2.75) is 13.8 Å². The fourth-order valence-corrected chi connectivity index (χ4v) is 2.34.